The number of hydrogen-bond donors (Lipinski definition) is 0. The molecule has 0 radical (unpaired) electrons. The van der Waals surface area contributed by atoms with Gasteiger partial charge in [-0.2, -0.15) is 0 Å². The second kappa shape index (κ2) is 10.6. The molecule has 3 nitrogen and oxygen atoms in total. The summed E-state index contributed by atoms with van der Waals surface area (Å²) in [5.41, 5.74) is 5.20. The van der Waals surface area contributed by atoms with Gasteiger partial charge in [0.05, 0.1) is 10.6 Å². The molecule has 1 heterocycles. The van der Waals surface area contributed by atoms with Gasteiger partial charge < -0.3 is 4.57 Å². The molecular formula is C29H26FNO2S. The highest BCUT2D eigenvalue weighted by Crippen LogP contribution is 2.37. The zero-order valence-electron chi connectivity index (χ0n) is 19.4. The highest BCUT2D eigenvalue weighted by Gasteiger charge is 2.18. The van der Waals surface area contributed by atoms with Crippen LogP contribution in [0.3, 0.4) is 0 Å². The van der Waals surface area contributed by atoms with Crippen LogP contribution < -0.4 is 0 Å². The van der Waals surface area contributed by atoms with E-state index >= 15 is 0 Å². The Morgan fingerprint density at radius 1 is 1.03 bits per heavy atom. The van der Waals surface area contributed by atoms with E-state index in [2.05, 4.69) is 42.4 Å². The van der Waals surface area contributed by atoms with Gasteiger partial charge in [0.2, 0.25) is 0 Å². The maximum Gasteiger partial charge on any atom is 0.190 e. The first-order chi connectivity index (χ1) is 16.5. The molecule has 172 valence electrons. The zero-order valence-corrected chi connectivity index (χ0v) is 20.2. The summed E-state index contributed by atoms with van der Waals surface area (Å²) in [6.45, 7) is 6.31. The van der Waals surface area contributed by atoms with Gasteiger partial charge in [-0.1, -0.05) is 59.9 Å². The summed E-state index contributed by atoms with van der Waals surface area (Å²) in [4.78, 5) is 0.619. The van der Waals surface area contributed by atoms with Crippen molar-refractivity contribution in [2.24, 2.45) is 0 Å². The predicted molar refractivity (Wildman–Crippen MR) is 138 cm³/mol. The van der Waals surface area contributed by atoms with E-state index in [0.29, 0.717) is 4.90 Å². The van der Waals surface area contributed by atoms with E-state index in [1.807, 2.05) is 37.3 Å². The highest BCUT2D eigenvalue weighted by molar-refractivity contribution is 7.80. The topological polar surface area (TPSA) is 31.2 Å². The Hall–Kier alpha value is -3.46. The fraction of sp³-hybridized carbons (Fsp3) is 0.172. The normalized spacial score (nSPS) is 12.3. The summed E-state index contributed by atoms with van der Waals surface area (Å²) in [6.07, 6.45) is 3.75. The molecule has 0 fully saturated rings. The van der Waals surface area contributed by atoms with Crippen molar-refractivity contribution in [1.82, 2.24) is 4.57 Å². The average Bonchev–Trinajstić information content (AvgIpc) is 3.16. The highest BCUT2D eigenvalue weighted by atomic mass is 32.2. The van der Waals surface area contributed by atoms with E-state index in [1.54, 1.807) is 30.3 Å². The van der Waals surface area contributed by atoms with Crippen LogP contribution in [0.5, 0.6) is 0 Å². The number of fused-ring (bicyclic) bond motifs is 1. The molecule has 34 heavy (non-hydrogen) atoms. The summed E-state index contributed by atoms with van der Waals surface area (Å²) in [5, 5.41) is 1.10. The van der Waals surface area contributed by atoms with Gasteiger partial charge in [-0.05, 0) is 68.8 Å². The van der Waals surface area contributed by atoms with E-state index in [1.165, 1.54) is 12.1 Å². The molecule has 0 unspecified atom stereocenters. The van der Waals surface area contributed by atoms with Gasteiger partial charge in [0.1, 0.15) is 12.4 Å². The number of rotatable bonds is 6. The fourth-order valence-electron chi connectivity index (χ4n) is 3.94. The van der Waals surface area contributed by atoms with Crippen molar-refractivity contribution in [2.45, 2.75) is 31.7 Å². The molecule has 0 aliphatic rings. The number of benzene rings is 3. The van der Waals surface area contributed by atoms with E-state index in [0.717, 1.165) is 33.3 Å². The van der Waals surface area contributed by atoms with Crippen LogP contribution in [-0.2, 0) is 15.3 Å². The maximum absolute atomic E-state index is 13.6. The van der Waals surface area contributed by atoms with Gasteiger partial charge in [-0.25, -0.2) is 8.60 Å². The summed E-state index contributed by atoms with van der Waals surface area (Å²) < 4.78 is 33.4. The summed E-state index contributed by atoms with van der Waals surface area (Å²) in [6, 6.07) is 22.4. The molecule has 5 heteroatoms. The first-order valence-corrected chi connectivity index (χ1v) is 12.2. The van der Waals surface area contributed by atoms with Crippen LogP contribution in [-0.4, -0.2) is 15.4 Å². The predicted octanol–water partition coefficient (Wildman–Crippen LogP) is 7.09. The molecule has 0 amide bonds. The van der Waals surface area contributed by atoms with Crippen molar-refractivity contribution in [3.05, 3.63) is 95.9 Å². The number of aryl methyl sites for hydroxylation is 1. The standard InChI is InChI=1S/C29H26FNO2S/c1-21(2)31-27-10-7-6-9-26(27)29(23-14-16-24(30)17-15-23)28(31)11-5-4-8-20-33-34(32)25-18-12-22(3)13-19-25/h5-7,9-19,21H,20H2,1-3H3/b11-5+/t34-/m0/s1. The van der Waals surface area contributed by atoms with Crippen molar-refractivity contribution < 1.29 is 12.8 Å². The van der Waals surface area contributed by atoms with Crippen molar-refractivity contribution in [1.29, 1.82) is 0 Å². The minimum absolute atomic E-state index is 0.0583. The lowest BCUT2D eigenvalue weighted by Crippen LogP contribution is -2.02. The Morgan fingerprint density at radius 2 is 1.74 bits per heavy atom. The molecule has 3 aromatic carbocycles. The van der Waals surface area contributed by atoms with Crippen LogP contribution in [0.1, 0.15) is 31.1 Å². The Morgan fingerprint density at radius 3 is 2.44 bits per heavy atom. The number of nitrogens with zero attached hydrogens (tertiary/aromatic N) is 1. The number of para-hydroxylation sites is 1. The van der Waals surface area contributed by atoms with E-state index < -0.39 is 11.1 Å². The van der Waals surface area contributed by atoms with Gasteiger partial charge in [0.15, 0.2) is 11.1 Å². The number of hydrogen-bond acceptors (Lipinski definition) is 2. The maximum atomic E-state index is 13.6. The monoisotopic (exact) mass is 471 g/mol. The molecule has 0 saturated heterocycles. The molecule has 1 atom stereocenters. The summed E-state index contributed by atoms with van der Waals surface area (Å²) in [5.74, 6) is 5.63. The molecule has 0 spiro atoms. The van der Waals surface area contributed by atoms with Crippen LogP contribution in [0.25, 0.3) is 28.1 Å². The second-order valence-corrected chi connectivity index (χ2v) is 9.39. The third-order valence-corrected chi connectivity index (χ3v) is 6.47. The van der Waals surface area contributed by atoms with Crippen LogP contribution in [0.15, 0.2) is 83.8 Å². The van der Waals surface area contributed by atoms with Crippen molar-refractivity contribution >= 4 is 28.1 Å². The van der Waals surface area contributed by atoms with Gasteiger partial charge >= 0.3 is 0 Å². The molecule has 0 aliphatic carbocycles. The summed E-state index contributed by atoms with van der Waals surface area (Å²) in [7, 11) is 0. The first kappa shape index (κ1) is 23.7. The van der Waals surface area contributed by atoms with Gasteiger partial charge in [-0.15, -0.1) is 0 Å². The minimum atomic E-state index is -1.55. The quantitative estimate of drug-likeness (QED) is 0.281. The van der Waals surface area contributed by atoms with Crippen LogP contribution in [0.4, 0.5) is 4.39 Å². The van der Waals surface area contributed by atoms with Crippen molar-refractivity contribution in [3.8, 4) is 23.0 Å². The van der Waals surface area contributed by atoms with Gasteiger partial charge in [-0.3, -0.25) is 4.18 Å². The van der Waals surface area contributed by atoms with Crippen LogP contribution >= 0.6 is 0 Å². The fourth-order valence-corrected chi connectivity index (χ4v) is 4.61. The molecule has 4 aromatic rings. The molecule has 0 N–H and O–H groups in total. The molecule has 1 aromatic heterocycles. The van der Waals surface area contributed by atoms with Gasteiger partial charge in [0.25, 0.3) is 0 Å². The lowest BCUT2D eigenvalue weighted by atomic mass is 10.0. The largest absolute Gasteiger partial charge is 0.338 e. The lowest BCUT2D eigenvalue weighted by molar-refractivity contribution is 0.402. The zero-order chi connectivity index (χ0) is 24.1. The SMILES string of the molecule is Cc1ccc([S@@](=O)OCC#C/C=C/c2c(-c3ccc(F)cc3)c3ccccc3n2C(C)C)cc1. The van der Waals surface area contributed by atoms with Crippen molar-refractivity contribution in [2.75, 3.05) is 6.61 Å². The van der Waals surface area contributed by atoms with E-state index in [-0.39, 0.29) is 18.5 Å². The first-order valence-electron chi connectivity index (χ1n) is 11.1. The lowest BCUT2D eigenvalue weighted by Gasteiger charge is -2.13. The molecule has 0 aliphatic heterocycles. The molecule has 4 rings (SSSR count). The molecule has 0 saturated carbocycles. The summed E-state index contributed by atoms with van der Waals surface area (Å²) >= 11 is -1.55. The third-order valence-electron chi connectivity index (χ3n) is 5.48. The number of aromatic nitrogens is 1. The van der Waals surface area contributed by atoms with Gasteiger partial charge in [0, 0.05) is 22.5 Å². The Bertz CT molecular complexity index is 1410. The van der Waals surface area contributed by atoms with E-state index in [9.17, 15) is 8.60 Å². The molecule has 0 bridgehead atoms. The number of allylic oxidation sites excluding steroid dienone is 1. The Balaban J connectivity index is 1.61. The molecular weight excluding hydrogens is 445 g/mol. The Labute approximate surface area is 202 Å². The van der Waals surface area contributed by atoms with Crippen LogP contribution in [0.2, 0.25) is 0 Å². The van der Waals surface area contributed by atoms with Crippen molar-refractivity contribution in [3.63, 3.8) is 0 Å². The Kier molecular flexibility index (Phi) is 7.42. The van der Waals surface area contributed by atoms with E-state index in [4.69, 9.17) is 4.18 Å². The average molecular weight is 472 g/mol. The number of halogens is 1. The third kappa shape index (κ3) is 5.20. The second-order valence-electron chi connectivity index (χ2n) is 8.21. The van der Waals surface area contributed by atoms with Crippen LogP contribution in [0, 0.1) is 24.6 Å². The minimum Gasteiger partial charge on any atom is -0.338 e. The smallest absolute Gasteiger partial charge is 0.190 e.